The molecule has 0 aliphatic rings. The van der Waals surface area contributed by atoms with Gasteiger partial charge in [-0.25, -0.2) is 0 Å². The van der Waals surface area contributed by atoms with Gasteiger partial charge in [-0.3, -0.25) is 9.59 Å². The lowest BCUT2D eigenvalue weighted by Crippen LogP contribution is -2.40. The van der Waals surface area contributed by atoms with E-state index in [1.165, 1.54) is 6.08 Å². The highest BCUT2D eigenvalue weighted by atomic mass is 35.5. The van der Waals surface area contributed by atoms with Gasteiger partial charge in [-0.2, -0.15) is 0 Å². The number of carbonyl (C=O) groups excluding carboxylic acids is 2. The standard InChI is InChI=1S/C21H23ClN2O4/c1-4-28-18-11-5-15(13-19(18)27-3)6-12-20(25)23-14(2)21(26)24-17-9-7-16(22)8-10-17/h5-14H,4H2,1-3H3,(H,23,25)(H,24,26). The first-order valence-corrected chi connectivity index (χ1v) is 9.16. The number of amides is 2. The van der Waals surface area contributed by atoms with Crippen molar-refractivity contribution < 1.29 is 19.1 Å². The summed E-state index contributed by atoms with van der Waals surface area (Å²) in [5.41, 5.74) is 1.38. The zero-order chi connectivity index (χ0) is 20.5. The van der Waals surface area contributed by atoms with Gasteiger partial charge in [-0.15, -0.1) is 0 Å². The summed E-state index contributed by atoms with van der Waals surface area (Å²) in [5.74, 6) is 0.512. The van der Waals surface area contributed by atoms with Gasteiger partial charge in [0.2, 0.25) is 11.8 Å². The maximum absolute atomic E-state index is 12.2. The van der Waals surface area contributed by atoms with Gasteiger partial charge in [-0.1, -0.05) is 17.7 Å². The first-order valence-electron chi connectivity index (χ1n) is 8.78. The normalized spacial score (nSPS) is 11.7. The minimum atomic E-state index is -0.706. The summed E-state index contributed by atoms with van der Waals surface area (Å²) in [6.07, 6.45) is 3.00. The lowest BCUT2D eigenvalue weighted by Gasteiger charge is -2.13. The lowest BCUT2D eigenvalue weighted by atomic mass is 10.2. The van der Waals surface area contributed by atoms with Gasteiger partial charge in [0.05, 0.1) is 13.7 Å². The van der Waals surface area contributed by atoms with E-state index >= 15 is 0 Å². The van der Waals surface area contributed by atoms with Crippen LogP contribution in [0.15, 0.2) is 48.5 Å². The van der Waals surface area contributed by atoms with E-state index < -0.39 is 6.04 Å². The summed E-state index contributed by atoms with van der Waals surface area (Å²) in [7, 11) is 1.55. The van der Waals surface area contributed by atoms with Crippen LogP contribution in [0.2, 0.25) is 5.02 Å². The number of hydrogen-bond acceptors (Lipinski definition) is 4. The van der Waals surface area contributed by atoms with E-state index in [9.17, 15) is 9.59 Å². The van der Waals surface area contributed by atoms with Gasteiger partial charge >= 0.3 is 0 Å². The number of carbonyl (C=O) groups is 2. The van der Waals surface area contributed by atoms with Crippen molar-refractivity contribution in [3.8, 4) is 11.5 Å². The Bertz CT molecular complexity index is 850. The Morgan fingerprint density at radius 3 is 2.50 bits per heavy atom. The number of rotatable bonds is 8. The van der Waals surface area contributed by atoms with Gasteiger partial charge in [0.15, 0.2) is 11.5 Å². The van der Waals surface area contributed by atoms with Crippen LogP contribution < -0.4 is 20.1 Å². The van der Waals surface area contributed by atoms with Crippen LogP contribution in [0.4, 0.5) is 5.69 Å². The van der Waals surface area contributed by atoms with Crippen LogP contribution in [0.5, 0.6) is 11.5 Å². The summed E-state index contributed by atoms with van der Waals surface area (Å²) >= 11 is 5.82. The van der Waals surface area contributed by atoms with E-state index in [0.29, 0.717) is 28.8 Å². The van der Waals surface area contributed by atoms with E-state index in [-0.39, 0.29) is 11.8 Å². The molecule has 2 amide bonds. The minimum Gasteiger partial charge on any atom is -0.493 e. The van der Waals surface area contributed by atoms with Gasteiger partial charge in [0.25, 0.3) is 0 Å². The monoisotopic (exact) mass is 402 g/mol. The summed E-state index contributed by atoms with van der Waals surface area (Å²) in [6.45, 7) is 4.03. The third kappa shape index (κ3) is 6.32. The number of benzene rings is 2. The van der Waals surface area contributed by atoms with Gasteiger partial charge in [0, 0.05) is 16.8 Å². The number of ether oxygens (including phenoxy) is 2. The maximum atomic E-state index is 12.2. The quantitative estimate of drug-likeness (QED) is 0.656. The van der Waals surface area contributed by atoms with Crippen LogP contribution in [0.25, 0.3) is 6.08 Å². The molecule has 0 saturated carbocycles. The second-order valence-electron chi connectivity index (χ2n) is 5.90. The number of anilines is 1. The molecule has 2 rings (SSSR count). The Morgan fingerprint density at radius 1 is 1.14 bits per heavy atom. The molecular formula is C21H23ClN2O4. The van der Waals surface area contributed by atoms with Crippen molar-refractivity contribution in [1.29, 1.82) is 0 Å². The zero-order valence-electron chi connectivity index (χ0n) is 16.0. The van der Waals surface area contributed by atoms with Crippen molar-refractivity contribution in [3.05, 3.63) is 59.1 Å². The fourth-order valence-electron chi connectivity index (χ4n) is 2.35. The molecule has 0 aliphatic heterocycles. The molecule has 6 nitrogen and oxygen atoms in total. The third-order valence-electron chi connectivity index (χ3n) is 3.78. The first-order chi connectivity index (χ1) is 13.4. The van der Waals surface area contributed by atoms with E-state index in [2.05, 4.69) is 10.6 Å². The number of hydrogen-bond donors (Lipinski definition) is 2. The molecule has 1 atom stereocenters. The highest BCUT2D eigenvalue weighted by molar-refractivity contribution is 6.30. The van der Waals surface area contributed by atoms with E-state index in [1.807, 2.05) is 13.0 Å². The van der Waals surface area contributed by atoms with Crippen LogP contribution in [-0.2, 0) is 9.59 Å². The predicted molar refractivity (Wildman–Crippen MR) is 111 cm³/mol. The molecule has 0 bridgehead atoms. The van der Waals surface area contributed by atoms with Crippen molar-refractivity contribution in [2.75, 3.05) is 19.0 Å². The fraction of sp³-hybridized carbons (Fsp3) is 0.238. The van der Waals surface area contributed by atoms with E-state index in [1.54, 1.807) is 56.5 Å². The molecule has 0 fully saturated rings. The largest absolute Gasteiger partial charge is 0.493 e. The first kappa shape index (κ1) is 21.3. The van der Waals surface area contributed by atoms with E-state index in [4.69, 9.17) is 21.1 Å². The Labute approximate surface area is 169 Å². The molecule has 0 radical (unpaired) electrons. The van der Waals surface area contributed by atoms with Gasteiger partial charge in [0.1, 0.15) is 6.04 Å². The number of nitrogens with one attached hydrogen (secondary N) is 2. The Kier molecular flexibility index (Phi) is 7.89. The molecule has 28 heavy (non-hydrogen) atoms. The van der Waals surface area contributed by atoms with Crippen LogP contribution >= 0.6 is 11.6 Å². The number of halogens is 1. The number of methoxy groups -OCH3 is 1. The van der Waals surface area contributed by atoms with Gasteiger partial charge in [-0.05, 0) is 61.9 Å². The smallest absolute Gasteiger partial charge is 0.246 e. The van der Waals surface area contributed by atoms with Crippen molar-refractivity contribution >= 4 is 35.2 Å². The average molecular weight is 403 g/mol. The molecule has 2 N–H and O–H groups in total. The Morgan fingerprint density at radius 2 is 1.86 bits per heavy atom. The zero-order valence-corrected chi connectivity index (χ0v) is 16.7. The molecule has 0 spiro atoms. The predicted octanol–water partition coefficient (Wildman–Crippen LogP) is 3.90. The molecular weight excluding hydrogens is 380 g/mol. The summed E-state index contributed by atoms with van der Waals surface area (Å²) in [6, 6.07) is 11.4. The van der Waals surface area contributed by atoms with Crippen molar-refractivity contribution in [1.82, 2.24) is 5.32 Å². The molecule has 0 saturated heterocycles. The van der Waals surface area contributed by atoms with Crippen LogP contribution in [0, 0.1) is 0 Å². The summed E-state index contributed by atoms with van der Waals surface area (Å²) < 4.78 is 10.7. The SMILES string of the molecule is CCOc1ccc(C=CC(=O)NC(C)C(=O)Nc2ccc(Cl)cc2)cc1OC. The van der Waals surface area contributed by atoms with Gasteiger partial charge < -0.3 is 20.1 Å². The molecule has 0 heterocycles. The van der Waals surface area contributed by atoms with E-state index in [0.717, 1.165) is 5.56 Å². The minimum absolute atomic E-state index is 0.327. The Balaban J connectivity index is 1.93. The highest BCUT2D eigenvalue weighted by Crippen LogP contribution is 2.28. The summed E-state index contributed by atoms with van der Waals surface area (Å²) in [4.78, 5) is 24.3. The summed E-state index contributed by atoms with van der Waals surface area (Å²) in [5, 5.41) is 5.92. The topological polar surface area (TPSA) is 76.7 Å². The van der Waals surface area contributed by atoms with Crippen molar-refractivity contribution in [2.24, 2.45) is 0 Å². The highest BCUT2D eigenvalue weighted by Gasteiger charge is 2.14. The second kappa shape index (κ2) is 10.4. The van der Waals surface area contributed by atoms with Crippen LogP contribution in [0.3, 0.4) is 0 Å². The molecule has 0 aromatic heterocycles. The second-order valence-corrected chi connectivity index (χ2v) is 6.34. The third-order valence-corrected chi connectivity index (χ3v) is 4.03. The molecule has 7 heteroatoms. The van der Waals surface area contributed by atoms with Crippen LogP contribution in [0.1, 0.15) is 19.4 Å². The molecule has 0 aliphatic carbocycles. The van der Waals surface area contributed by atoms with Crippen LogP contribution in [-0.4, -0.2) is 31.6 Å². The molecule has 2 aromatic carbocycles. The van der Waals surface area contributed by atoms with Crippen molar-refractivity contribution in [2.45, 2.75) is 19.9 Å². The Hall–Kier alpha value is -2.99. The molecule has 148 valence electrons. The molecule has 1 unspecified atom stereocenters. The van der Waals surface area contributed by atoms with Crippen molar-refractivity contribution in [3.63, 3.8) is 0 Å². The average Bonchev–Trinajstić information content (AvgIpc) is 2.69. The fourth-order valence-corrected chi connectivity index (χ4v) is 2.47. The molecule has 2 aromatic rings. The maximum Gasteiger partial charge on any atom is 0.246 e. The lowest BCUT2D eigenvalue weighted by molar-refractivity contribution is -0.123.